The summed E-state index contributed by atoms with van der Waals surface area (Å²) in [7, 11) is 0. The molecule has 2 heteroatoms. The van der Waals surface area contributed by atoms with Crippen molar-refractivity contribution in [1.29, 1.82) is 0 Å². The molecule has 1 aliphatic rings. The highest BCUT2D eigenvalue weighted by Crippen LogP contribution is 2.17. The maximum Gasteiger partial charge on any atom is 0.335 e. The Morgan fingerprint density at radius 1 is 1.70 bits per heavy atom. The Morgan fingerprint density at radius 3 is 2.80 bits per heavy atom. The van der Waals surface area contributed by atoms with Crippen LogP contribution in [0.1, 0.15) is 6.42 Å². The molecule has 0 aromatic rings. The fourth-order valence-electron chi connectivity index (χ4n) is 0.808. The van der Waals surface area contributed by atoms with E-state index in [0.29, 0.717) is 6.42 Å². The molecule has 0 saturated heterocycles. The number of allylic oxidation sites excluding steroid dienone is 3. The van der Waals surface area contributed by atoms with Crippen LogP contribution in [0.2, 0.25) is 0 Å². The highest BCUT2D eigenvalue weighted by Gasteiger charge is 2.09. The molecule has 10 heavy (non-hydrogen) atoms. The van der Waals surface area contributed by atoms with Crippen molar-refractivity contribution in [2.45, 2.75) is 6.42 Å². The standard InChI is InChI=1S/C8H8O2/c1-6(8(9)10)7-4-2-3-5-7/h2-4H,1,5H2,(H,9,10). The van der Waals surface area contributed by atoms with E-state index in [1.54, 1.807) is 6.08 Å². The van der Waals surface area contributed by atoms with Gasteiger partial charge < -0.3 is 5.11 Å². The maximum atomic E-state index is 10.3. The minimum atomic E-state index is -0.935. The molecular weight excluding hydrogens is 128 g/mol. The van der Waals surface area contributed by atoms with Crippen LogP contribution >= 0.6 is 0 Å². The molecule has 0 saturated carbocycles. The van der Waals surface area contributed by atoms with Crippen molar-refractivity contribution >= 4 is 5.97 Å². The summed E-state index contributed by atoms with van der Waals surface area (Å²) in [6.45, 7) is 3.43. The highest BCUT2D eigenvalue weighted by molar-refractivity contribution is 5.91. The quantitative estimate of drug-likeness (QED) is 0.584. The van der Waals surface area contributed by atoms with E-state index in [9.17, 15) is 4.79 Å². The monoisotopic (exact) mass is 136 g/mol. The van der Waals surface area contributed by atoms with Gasteiger partial charge >= 0.3 is 5.97 Å². The van der Waals surface area contributed by atoms with E-state index in [4.69, 9.17) is 5.11 Å². The summed E-state index contributed by atoms with van der Waals surface area (Å²) >= 11 is 0. The van der Waals surface area contributed by atoms with Crippen molar-refractivity contribution in [3.05, 3.63) is 36.0 Å². The van der Waals surface area contributed by atoms with E-state index < -0.39 is 5.97 Å². The van der Waals surface area contributed by atoms with E-state index in [0.717, 1.165) is 5.57 Å². The zero-order valence-electron chi connectivity index (χ0n) is 5.50. The average molecular weight is 136 g/mol. The van der Waals surface area contributed by atoms with Crippen molar-refractivity contribution in [2.24, 2.45) is 0 Å². The molecule has 2 nitrogen and oxygen atoms in total. The Morgan fingerprint density at radius 2 is 2.40 bits per heavy atom. The summed E-state index contributed by atoms with van der Waals surface area (Å²) in [5.74, 6) is -0.935. The lowest BCUT2D eigenvalue weighted by atomic mass is 10.1. The van der Waals surface area contributed by atoms with E-state index in [-0.39, 0.29) is 5.57 Å². The van der Waals surface area contributed by atoms with Gasteiger partial charge in [-0.05, 0) is 12.0 Å². The van der Waals surface area contributed by atoms with Crippen LogP contribution in [-0.2, 0) is 4.79 Å². The lowest BCUT2D eigenvalue weighted by Crippen LogP contribution is -2.00. The van der Waals surface area contributed by atoms with Gasteiger partial charge in [0.05, 0.1) is 5.57 Å². The first kappa shape index (κ1) is 6.81. The number of carboxylic acid groups (broad SMARTS) is 1. The van der Waals surface area contributed by atoms with Gasteiger partial charge in [0.1, 0.15) is 0 Å². The second kappa shape index (κ2) is 2.52. The number of hydrogen-bond donors (Lipinski definition) is 1. The van der Waals surface area contributed by atoms with Gasteiger partial charge in [-0.2, -0.15) is 0 Å². The molecule has 0 radical (unpaired) electrons. The Hall–Kier alpha value is -1.31. The smallest absolute Gasteiger partial charge is 0.335 e. The zero-order chi connectivity index (χ0) is 7.56. The minimum absolute atomic E-state index is 0.199. The molecular formula is C8H8O2. The van der Waals surface area contributed by atoms with Crippen LogP contribution < -0.4 is 0 Å². The molecule has 0 aromatic carbocycles. The molecule has 0 fully saturated rings. The molecule has 1 N–H and O–H groups in total. The second-order valence-electron chi connectivity index (χ2n) is 2.11. The lowest BCUT2D eigenvalue weighted by molar-refractivity contribution is -0.132. The van der Waals surface area contributed by atoms with E-state index in [1.807, 2.05) is 12.2 Å². The summed E-state index contributed by atoms with van der Waals surface area (Å²) < 4.78 is 0. The molecule has 52 valence electrons. The molecule has 0 heterocycles. The molecule has 0 bridgehead atoms. The van der Waals surface area contributed by atoms with Gasteiger partial charge in [0, 0.05) is 0 Å². The molecule has 0 atom stereocenters. The molecule has 1 rings (SSSR count). The first-order chi connectivity index (χ1) is 4.72. The second-order valence-corrected chi connectivity index (χ2v) is 2.11. The topological polar surface area (TPSA) is 37.3 Å². The number of carboxylic acids is 1. The van der Waals surface area contributed by atoms with Gasteiger partial charge in [0.2, 0.25) is 0 Å². The summed E-state index contributed by atoms with van der Waals surface area (Å²) in [5, 5.41) is 8.47. The van der Waals surface area contributed by atoms with Crippen molar-refractivity contribution in [2.75, 3.05) is 0 Å². The van der Waals surface area contributed by atoms with Crippen molar-refractivity contribution in [3.8, 4) is 0 Å². The van der Waals surface area contributed by atoms with Gasteiger partial charge in [-0.25, -0.2) is 4.79 Å². The third-order valence-electron chi connectivity index (χ3n) is 1.42. The normalized spacial score (nSPS) is 15.0. The van der Waals surface area contributed by atoms with Gasteiger partial charge in [0.25, 0.3) is 0 Å². The predicted octanol–water partition coefficient (Wildman–Crippen LogP) is 1.51. The van der Waals surface area contributed by atoms with Crippen LogP contribution in [0.3, 0.4) is 0 Å². The molecule has 0 aliphatic heterocycles. The first-order valence-corrected chi connectivity index (χ1v) is 3.00. The van der Waals surface area contributed by atoms with Gasteiger partial charge in [-0.1, -0.05) is 24.8 Å². The molecule has 0 unspecified atom stereocenters. The lowest BCUT2D eigenvalue weighted by Gasteiger charge is -1.97. The maximum absolute atomic E-state index is 10.3. The van der Waals surface area contributed by atoms with Crippen LogP contribution in [-0.4, -0.2) is 11.1 Å². The van der Waals surface area contributed by atoms with Crippen LogP contribution in [0, 0.1) is 0 Å². The third-order valence-corrected chi connectivity index (χ3v) is 1.42. The average Bonchev–Trinajstić information content (AvgIpc) is 2.36. The SMILES string of the molecule is C=C(C(=O)O)C1=CC=CC1. The predicted molar refractivity (Wildman–Crippen MR) is 38.6 cm³/mol. The summed E-state index contributed by atoms with van der Waals surface area (Å²) in [6.07, 6.45) is 6.22. The third kappa shape index (κ3) is 1.16. The zero-order valence-corrected chi connectivity index (χ0v) is 5.50. The Bertz CT molecular complexity index is 234. The van der Waals surface area contributed by atoms with Crippen LogP contribution in [0.4, 0.5) is 0 Å². The minimum Gasteiger partial charge on any atom is -0.478 e. The van der Waals surface area contributed by atoms with Crippen LogP contribution in [0.5, 0.6) is 0 Å². The number of aliphatic carboxylic acids is 1. The van der Waals surface area contributed by atoms with E-state index >= 15 is 0 Å². The number of carbonyl (C=O) groups is 1. The Kier molecular flexibility index (Phi) is 1.71. The summed E-state index contributed by atoms with van der Waals surface area (Å²) in [5.41, 5.74) is 0.998. The Labute approximate surface area is 59.2 Å². The number of hydrogen-bond acceptors (Lipinski definition) is 1. The number of rotatable bonds is 2. The molecule has 0 amide bonds. The van der Waals surface area contributed by atoms with E-state index in [1.165, 1.54) is 0 Å². The van der Waals surface area contributed by atoms with Gasteiger partial charge in [-0.3, -0.25) is 0 Å². The van der Waals surface area contributed by atoms with Crippen molar-refractivity contribution < 1.29 is 9.90 Å². The highest BCUT2D eigenvalue weighted by atomic mass is 16.4. The molecule has 0 spiro atoms. The summed E-state index contributed by atoms with van der Waals surface area (Å²) in [4.78, 5) is 10.3. The summed E-state index contributed by atoms with van der Waals surface area (Å²) in [6, 6.07) is 0. The fraction of sp³-hybridized carbons (Fsp3) is 0.125. The van der Waals surface area contributed by atoms with Gasteiger partial charge in [-0.15, -0.1) is 0 Å². The Balaban J connectivity index is 2.68. The van der Waals surface area contributed by atoms with Crippen LogP contribution in [0.25, 0.3) is 0 Å². The van der Waals surface area contributed by atoms with E-state index in [2.05, 4.69) is 6.58 Å². The fourth-order valence-corrected chi connectivity index (χ4v) is 0.808. The molecule has 1 aliphatic carbocycles. The molecule has 0 aromatic heterocycles. The van der Waals surface area contributed by atoms with Crippen molar-refractivity contribution in [3.63, 3.8) is 0 Å². The van der Waals surface area contributed by atoms with Gasteiger partial charge in [0.15, 0.2) is 0 Å². The van der Waals surface area contributed by atoms with Crippen molar-refractivity contribution in [1.82, 2.24) is 0 Å². The van der Waals surface area contributed by atoms with Crippen LogP contribution in [0.15, 0.2) is 36.0 Å². The largest absolute Gasteiger partial charge is 0.478 e. The first-order valence-electron chi connectivity index (χ1n) is 3.00.